The molecule has 2 aromatic carbocycles. The maximum atomic E-state index is 13.2. The number of hydrogen-bond donors (Lipinski definition) is 1. The smallest absolute Gasteiger partial charge is 0.243 e. The fourth-order valence-corrected chi connectivity index (χ4v) is 5.82. The molecule has 0 aliphatic carbocycles. The number of ether oxygens (including phenoxy) is 4. The molecule has 34 heavy (non-hydrogen) atoms. The number of nitrogens with one attached hydrogen (secondary N) is 1. The summed E-state index contributed by atoms with van der Waals surface area (Å²) in [4.78, 5) is 12.9. The van der Waals surface area contributed by atoms with Gasteiger partial charge in [-0.2, -0.15) is 4.31 Å². The van der Waals surface area contributed by atoms with Crippen molar-refractivity contribution >= 4 is 15.9 Å². The van der Waals surface area contributed by atoms with Crippen LogP contribution >= 0.6 is 0 Å². The summed E-state index contributed by atoms with van der Waals surface area (Å²) in [7, 11) is -3.68. The molecule has 9 nitrogen and oxygen atoms in total. The highest BCUT2D eigenvalue weighted by Gasteiger charge is 2.33. The zero-order chi connectivity index (χ0) is 23.5. The number of carbonyl (C=O) groups is 1. The van der Waals surface area contributed by atoms with E-state index in [2.05, 4.69) is 5.32 Å². The summed E-state index contributed by atoms with van der Waals surface area (Å²) in [6.45, 7) is 2.30. The number of rotatable bonds is 5. The van der Waals surface area contributed by atoms with Gasteiger partial charge in [0.15, 0.2) is 23.0 Å². The van der Waals surface area contributed by atoms with E-state index in [1.54, 1.807) is 12.1 Å². The van der Waals surface area contributed by atoms with Crippen molar-refractivity contribution in [1.82, 2.24) is 9.62 Å². The Morgan fingerprint density at radius 3 is 2.44 bits per heavy atom. The van der Waals surface area contributed by atoms with Gasteiger partial charge < -0.3 is 24.3 Å². The summed E-state index contributed by atoms with van der Waals surface area (Å²) < 4.78 is 50.6. The van der Waals surface area contributed by atoms with Gasteiger partial charge in [-0.05, 0) is 37.1 Å². The van der Waals surface area contributed by atoms with Crippen LogP contribution in [0.5, 0.6) is 23.0 Å². The molecule has 3 aliphatic rings. The monoisotopic (exact) mass is 488 g/mol. The molecule has 0 radical (unpaired) electrons. The van der Waals surface area contributed by atoms with Crippen LogP contribution < -0.4 is 24.3 Å². The van der Waals surface area contributed by atoms with E-state index < -0.39 is 10.0 Å². The molecule has 1 amide bonds. The Morgan fingerprint density at radius 2 is 1.65 bits per heavy atom. The van der Waals surface area contributed by atoms with E-state index in [-0.39, 0.29) is 35.9 Å². The zero-order valence-corrected chi connectivity index (χ0v) is 19.6. The van der Waals surface area contributed by atoms with E-state index in [0.29, 0.717) is 62.2 Å². The minimum absolute atomic E-state index is 0.0879. The van der Waals surface area contributed by atoms with Crippen LogP contribution in [0, 0.1) is 5.92 Å². The van der Waals surface area contributed by atoms with Crippen molar-refractivity contribution in [3.8, 4) is 23.0 Å². The first-order valence-corrected chi connectivity index (χ1v) is 13.0. The van der Waals surface area contributed by atoms with Gasteiger partial charge in [0.1, 0.15) is 12.7 Å². The van der Waals surface area contributed by atoms with Crippen molar-refractivity contribution in [2.45, 2.75) is 30.3 Å². The van der Waals surface area contributed by atoms with Crippen molar-refractivity contribution in [3.05, 3.63) is 42.5 Å². The molecule has 3 aliphatic heterocycles. The Morgan fingerprint density at radius 1 is 0.941 bits per heavy atom. The first-order valence-electron chi connectivity index (χ1n) is 11.6. The van der Waals surface area contributed by atoms with Gasteiger partial charge in [0.05, 0.1) is 24.7 Å². The van der Waals surface area contributed by atoms with E-state index in [9.17, 15) is 13.2 Å². The van der Waals surface area contributed by atoms with E-state index in [1.807, 2.05) is 24.3 Å². The Hall–Kier alpha value is -2.98. The van der Waals surface area contributed by atoms with Crippen LogP contribution in [0.15, 0.2) is 47.4 Å². The first kappa shape index (κ1) is 22.8. The molecule has 2 aromatic rings. The van der Waals surface area contributed by atoms with Crippen molar-refractivity contribution in [2.75, 3.05) is 39.5 Å². The Labute approximate surface area is 199 Å². The van der Waals surface area contributed by atoms with Gasteiger partial charge in [0, 0.05) is 31.5 Å². The normalized spacial score (nSPS) is 20.9. The quantitative estimate of drug-likeness (QED) is 0.688. The van der Waals surface area contributed by atoms with Crippen molar-refractivity contribution < 1.29 is 32.2 Å². The summed E-state index contributed by atoms with van der Waals surface area (Å²) in [6, 6.07) is 12.2. The van der Waals surface area contributed by atoms with Crippen molar-refractivity contribution in [3.63, 3.8) is 0 Å². The molecule has 10 heteroatoms. The lowest BCUT2D eigenvalue weighted by Crippen LogP contribution is -2.46. The van der Waals surface area contributed by atoms with Gasteiger partial charge in [-0.3, -0.25) is 4.79 Å². The molecule has 1 saturated heterocycles. The molecule has 0 unspecified atom stereocenters. The molecule has 0 spiro atoms. The molecular weight excluding hydrogens is 460 g/mol. The van der Waals surface area contributed by atoms with Gasteiger partial charge in [0.25, 0.3) is 0 Å². The molecule has 1 N–H and O–H groups in total. The van der Waals surface area contributed by atoms with Gasteiger partial charge >= 0.3 is 0 Å². The highest BCUT2D eigenvalue weighted by atomic mass is 32.2. The minimum Gasteiger partial charge on any atom is -0.490 e. The van der Waals surface area contributed by atoms with Crippen LogP contribution in [0.2, 0.25) is 0 Å². The molecule has 1 atom stereocenters. The SMILES string of the molecule is O=C(NC[C@H]1COc2ccccc2O1)C1CCN(S(=O)(=O)c2ccc3c(c2)OCCCO3)CC1. The predicted molar refractivity (Wildman–Crippen MR) is 123 cm³/mol. The van der Waals surface area contributed by atoms with E-state index in [0.717, 1.165) is 6.42 Å². The second-order valence-corrected chi connectivity index (χ2v) is 10.5. The minimum atomic E-state index is -3.68. The van der Waals surface area contributed by atoms with E-state index in [1.165, 1.54) is 10.4 Å². The summed E-state index contributed by atoms with van der Waals surface area (Å²) in [6.07, 6.45) is 1.40. The maximum absolute atomic E-state index is 13.2. The zero-order valence-electron chi connectivity index (χ0n) is 18.8. The number of carbonyl (C=O) groups excluding carboxylic acids is 1. The van der Waals surface area contributed by atoms with Gasteiger partial charge in [0.2, 0.25) is 15.9 Å². The number of benzene rings is 2. The third-order valence-corrected chi connectivity index (χ3v) is 8.15. The summed E-state index contributed by atoms with van der Waals surface area (Å²) in [5.41, 5.74) is 0. The number of fused-ring (bicyclic) bond motifs is 2. The predicted octanol–water partition coefficient (Wildman–Crippen LogP) is 2.20. The average Bonchev–Trinajstić information content (AvgIpc) is 3.12. The number of nitrogens with zero attached hydrogens (tertiary/aromatic N) is 1. The van der Waals surface area contributed by atoms with Gasteiger partial charge in [-0.25, -0.2) is 8.42 Å². The first-order chi connectivity index (χ1) is 16.5. The lowest BCUT2D eigenvalue weighted by atomic mass is 9.97. The van der Waals surface area contributed by atoms with Crippen LogP contribution in [-0.4, -0.2) is 64.2 Å². The molecule has 0 saturated carbocycles. The largest absolute Gasteiger partial charge is 0.490 e. The molecule has 3 heterocycles. The molecular formula is C24H28N2O7S. The number of hydrogen-bond acceptors (Lipinski definition) is 7. The fourth-order valence-electron chi connectivity index (χ4n) is 4.33. The Balaban J connectivity index is 1.14. The Kier molecular flexibility index (Phi) is 6.51. The molecule has 1 fully saturated rings. The van der Waals surface area contributed by atoms with Gasteiger partial charge in [-0.15, -0.1) is 0 Å². The van der Waals surface area contributed by atoms with Crippen LogP contribution in [0.1, 0.15) is 19.3 Å². The lowest BCUT2D eigenvalue weighted by Gasteiger charge is -2.31. The molecule has 5 rings (SSSR count). The van der Waals surface area contributed by atoms with E-state index in [4.69, 9.17) is 18.9 Å². The number of para-hydroxylation sites is 2. The highest BCUT2D eigenvalue weighted by Crippen LogP contribution is 2.34. The van der Waals surface area contributed by atoms with Crippen molar-refractivity contribution in [2.24, 2.45) is 5.92 Å². The summed E-state index contributed by atoms with van der Waals surface area (Å²) in [5, 5.41) is 2.94. The molecule has 0 bridgehead atoms. The summed E-state index contributed by atoms with van der Waals surface area (Å²) in [5.74, 6) is 2.04. The fraction of sp³-hybridized carbons (Fsp3) is 0.458. The average molecular weight is 489 g/mol. The third-order valence-electron chi connectivity index (χ3n) is 6.25. The van der Waals surface area contributed by atoms with Gasteiger partial charge in [-0.1, -0.05) is 12.1 Å². The van der Waals surface area contributed by atoms with Crippen LogP contribution in [0.25, 0.3) is 0 Å². The summed E-state index contributed by atoms with van der Waals surface area (Å²) >= 11 is 0. The second kappa shape index (κ2) is 9.71. The second-order valence-electron chi connectivity index (χ2n) is 8.58. The topological polar surface area (TPSA) is 103 Å². The standard InChI is InChI=1S/C24H28N2O7S/c27-24(25-15-18-16-32-20-4-1-2-5-22(20)33-18)17-8-10-26(11-9-17)34(28,29)19-6-7-21-23(14-19)31-13-3-12-30-21/h1-2,4-7,14,17-18H,3,8-13,15-16H2,(H,25,27)/t18-/m0/s1. The molecule has 0 aromatic heterocycles. The highest BCUT2D eigenvalue weighted by molar-refractivity contribution is 7.89. The molecule has 182 valence electrons. The number of sulfonamides is 1. The maximum Gasteiger partial charge on any atom is 0.243 e. The van der Waals surface area contributed by atoms with E-state index >= 15 is 0 Å². The van der Waals surface area contributed by atoms with Crippen LogP contribution in [-0.2, 0) is 14.8 Å². The number of piperidine rings is 1. The van der Waals surface area contributed by atoms with Crippen LogP contribution in [0.3, 0.4) is 0 Å². The third kappa shape index (κ3) is 4.78. The van der Waals surface area contributed by atoms with Crippen LogP contribution in [0.4, 0.5) is 0 Å². The lowest BCUT2D eigenvalue weighted by molar-refractivity contribution is -0.126. The Bertz CT molecular complexity index is 1150. The number of amides is 1. The van der Waals surface area contributed by atoms with Crippen molar-refractivity contribution in [1.29, 1.82) is 0 Å².